The van der Waals surface area contributed by atoms with E-state index in [9.17, 15) is 24.0 Å². The molecule has 1 aliphatic carbocycles. The van der Waals surface area contributed by atoms with Crippen molar-refractivity contribution in [2.45, 2.75) is 56.7 Å². The summed E-state index contributed by atoms with van der Waals surface area (Å²) in [5, 5.41) is 8.87. The number of imidazole rings is 1. The lowest BCUT2D eigenvalue weighted by molar-refractivity contribution is -0.136. The number of anilines is 4. The Labute approximate surface area is 370 Å². The number of hydrogen-bond donors (Lipinski definition) is 3. The van der Waals surface area contributed by atoms with Gasteiger partial charge in [0.1, 0.15) is 12.4 Å². The lowest BCUT2D eigenvalue weighted by Gasteiger charge is -2.38. The maximum atomic E-state index is 13.3. The molecule has 0 bridgehead atoms. The number of hydrogen-bond acceptors (Lipinski definition) is 13. The summed E-state index contributed by atoms with van der Waals surface area (Å²) in [5.74, 6) is -1.23. The van der Waals surface area contributed by atoms with E-state index < -0.39 is 23.8 Å². The van der Waals surface area contributed by atoms with Crippen LogP contribution in [0.25, 0.3) is 11.2 Å². The number of fused-ring (bicyclic) bond motifs is 2. The molecule has 5 aromatic rings. The minimum atomic E-state index is -0.965. The van der Waals surface area contributed by atoms with Gasteiger partial charge in [0, 0.05) is 87.9 Å². The van der Waals surface area contributed by atoms with Gasteiger partial charge in [-0.05, 0) is 86.8 Å². The first-order valence-electron chi connectivity index (χ1n) is 22.4. The number of carbonyl (C=O) groups is 5. The molecule has 4 fully saturated rings. The van der Waals surface area contributed by atoms with E-state index in [4.69, 9.17) is 0 Å². The van der Waals surface area contributed by atoms with E-state index in [1.807, 2.05) is 42.7 Å². The van der Waals surface area contributed by atoms with E-state index in [0.29, 0.717) is 23.4 Å². The van der Waals surface area contributed by atoms with Crippen LogP contribution < -0.4 is 25.8 Å². The molecule has 17 nitrogen and oxygen atoms in total. The Morgan fingerprint density at radius 1 is 0.734 bits per heavy atom. The van der Waals surface area contributed by atoms with Gasteiger partial charge in [0.15, 0.2) is 17.0 Å². The van der Waals surface area contributed by atoms with Crippen LogP contribution in [0.3, 0.4) is 0 Å². The van der Waals surface area contributed by atoms with Crippen molar-refractivity contribution in [3.8, 4) is 0 Å². The number of imide groups is 2. The zero-order valence-corrected chi connectivity index (χ0v) is 35.7. The number of aromatic nitrogens is 4. The van der Waals surface area contributed by atoms with Crippen molar-refractivity contribution in [3.05, 3.63) is 102 Å². The molecular weight excluding hydrogens is 813 g/mol. The van der Waals surface area contributed by atoms with E-state index in [1.165, 1.54) is 5.69 Å². The normalized spacial score (nSPS) is 21.8. The average molecular weight is 865 g/mol. The van der Waals surface area contributed by atoms with Crippen molar-refractivity contribution >= 4 is 63.6 Å². The highest BCUT2D eigenvalue weighted by Crippen LogP contribution is 2.36. The second kappa shape index (κ2) is 17.8. The fourth-order valence-corrected chi connectivity index (χ4v) is 9.73. The molecule has 0 radical (unpaired) electrons. The van der Waals surface area contributed by atoms with Gasteiger partial charge in [-0.2, -0.15) is 0 Å². The second-order valence-corrected chi connectivity index (χ2v) is 17.5. The third-order valence-electron chi connectivity index (χ3n) is 13.4. The SMILES string of the molecule is O=C1CC[C@H](N2C(=O)c3ccc(N4CCN(CCCN5CCN(c6ccc(Nc7ncnc8c7ncn8C7CC(NC(=O)Cc8ccccc8)C7)cc6)CC5)CC4)cc3C2=O)C(=O)N1. The van der Waals surface area contributed by atoms with Gasteiger partial charge in [-0.25, -0.2) is 15.0 Å². The summed E-state index contributed by atoms with van der Waals surface area (Å²) in [6.45, 7) is 9.49. The largest absolute Gasteiger partial charge is 0.369 e. The number of piperidine rings is 1. The van der Waals surface area contributed by atoms with Gasteiger partial charge >= 0.3 is 0 Å². The van der Waals surface area contributed by atoms with Gasteiger partial charge in [-0.1, -0.05) is 30.3 Å². The Kier molecular flexibility index (Phi) is 11.5. The average Bonchev–Trinajstić information content (AvgIpc) is 3.83. The minimum absolute atomic E-state index is 0.0468. The highest BCUT2D eigenvalue weighted by Gasteiger charge is 2.45. The van der Waals surface area contributed by atoms with Crippen molar-refractivity contribution in [2.24, 2.45) is 0 Å². The van der Waals surface area contributed by atoms with E-state index in [-0.39, 0.29) is 36.7 Å². The Morgan fingerprint density at radius 2 is 1.41 bits per heavy atom. The monoisotopic (exact) mass is 864 g/mol. The first-order chi connectivity index (χ1) is 31.2. The Balaban J connectivity index is 0.643. The molecule has 330 valence electrons. The molecule has 10 rings (SSSR count). The smallest absolute Gasteiger partial charge is 0.262 e. The fraction of sp³-hybridized carbons (Fsp3) is 0.404. The van der Waals surface area contributed by atoms with Crippen molar-refractivity contribution in [1.29, 1.82) is 0 Å². The highest BCUT2D eigenvalue weighted by molar-refractivity contribution is 6.23. The topological polar surface area (TPSA) is 181 Å². The molecule has 4 aliphatic heterocycles. The molecule has 1 atom stereocenters. The van der Waals surface area contributed by atoms with Crippen LogP contribution in [0, 0.1) is 0 Å². The predicted molar refractivity (Wildman–Crippen MR) is 240 cm³/mol. The Bertz CT molecular complexity index is 2560. The van der Waals surface area contributed by atoms with Crippen LogP contribution in [0.15, 0.2) is 85.5 Å². The van der Waals surface area contributed by atoms with E-state index in [0.717, 1.165) is 118 Å². The third-order valence-corrected chi connectivity index (χ3v) is 13.4. The summed E-state index contributed by atoms with van der Waals surface area (Å²) >= 11 is 0. The number of nitrogens with one attached hydrogen (secondary N) is 3. The van der Waals surface area contributed by atoms with Crippen molar-refractivity contribution < 1.29 is 24.0 Å². The first kappa shape index (κ1) is 41.3. The van der Waals surface area contributed by atoms with Gasteiger partial charge in [-0.15, -0.1) is 0 Å². The molecule has 17 heteroatoms. The van der Waals surface area contributed by atoms with Crippen LogP contribution in [-0.4, -0.2) is 141 Å². The third kappa shape index (κ3) is 8.52. The number of benzene rings is 3. The zero-order chi connectivity index (χ0) is 43.7. The first-order valence-corrected chi connectivity index (χ1v) is 22.4. The number of nitrogens with zero attached hydrogens (tertiary/aromatic N) is 9. The molecule has 3 aromatic carbocycles. The maximum absolute atomic E-state index is 13.3. The summed E-state index contributed by atoms with van der Waals surface area (Å²) in [7, 11) is 0. The van der Waals surface area contributed by atoms with Crippen molar-refractivity contribution in [3.63, 3.8) is 0 Å². The van der Waals surface area contributed by atoms with Crippen LogP contribution in [-0.2, 0) is 20.8 Å². The molecule has 0 unspecified atom stereocenters. The summed E-state index contributed by atoms with van der Waals surface area (Å²) in [5.41, 5.74) is 6.15. The molecule has 5 amide bonds. The summed E-state index contributed by atoms with van der Waals surface area (Å²) in [6, 6.07) is 23.0. The molecule has 64 heavy (non-hydrogen) atoms. The van der Waals surface area contributed by atoms with Crippen LogP contribution in [0.1, 0.15) is 64.4 Å². The van der Waals surface area contributed by atoms with E-state index >= 15 is 0 Å². The highest BCUT2D eigenvalue weighted by atomic mass is 16.2. The zero-order valence-electron chi connectivity index (χ0n) is 35.7. The number of carbonyl (C=O) groups excluding carboxylic acids is 5. The molecule has 3 N–H and O–H groups in total. The standard InChI is InChI=1S/C47H52N12O5/c60-40-14-13-39(45(62)53-40)59-46(63)37-12-11-35(28-38(37)47(59)64)57-23-19-55(20-24-57)16-4-15-54-17-21-56(22-18-54)34-9-7-32(8-10-34)52-43-42-44(49-29-48-43)58(30-50-42)36-26-33(27-36)51-41(61)25-31-5-2-1-3-6-31/h1-3,5-12,28-30,33,36,39H,4,13-27H2,(H,51,61)(H,48,49,52)(H,53,60,62)/t33?,36?,39-/m0/s1. The lowest BCUT2D eigenvalue weighted by Crippen LogP contribution is -2.54. The van der Waals surface area contributed by atoms with Crippen molar-refractivity contribution in [2.75, 3.05) is 80.6 Å². The summed E-state index contributed by atoms with van der Waals surface area (Å²) in [4.78, 5) is 87.6. The van der Waals surface area contributed by atoms with Gasteiger partial charge in [0.2, 0.25) is 17.7 Å². The molecule has 1 saturated carbocycles. The molecule has 6 heterocycles. The van der Waals surface area contributed by atoms with Gasteiger partial charge in [0.05, 0.1) is 23.9 Å². The van der Waals surface area contributed by atoms with Crippen LogP contribution in [0.4, 0.5) is 22.9 Å². The molecule has 5 aliphatic rings. The fourth-order valence-electron chi connectivity index (χ4n) is 9.73. The van der Waals surface area contributed by atoms with Gasteiger partial charge < -0.3 is 25.0 Å². The molecule has 3 saturated heterocycles. The Morgan fingerprint density at radius 3 is 2.11 bits per heavy atom. The second-order valence-electron chi connectivity index (χ2n) is 17.5. The number of piperazine rings is 2. The van der Waals surface area contributed by atoms with Gasteiger partial charge in [0.25, 0.3) is 11.8 Å². The minimum Gasteiger partial charge on any atom is -0.369 e. The maximum Gasteiger partial charge on any atom is 0.262 e. The summed E-state index contributed by atoms with van der Waals surface area (Å²) in [6.07, 6.45) is 6.80. The number of amides is 5. The van der Waals surface area contributed by atoms with Gasteiger partial charge in [-0.3, -0.25) is 44.0 Å². The lowest BCUT2D eigenvalue weighted by atomic mass is 9.86. The predicted octanol–water partition coefficient (Wildman–Crippen LogP) is 3.37. The van der Waals surface area contributed by atoms with E-state index in [2.05, 4.69) is 79.3 Å². The molecular formula is C47H52N12O5. The molecule has 0 spiro atoms. The number of rotatable bonds is 13. The Hall–Kier alpha value is -6.72. The summed E-state index contributed by atoms with van der Waals surface area (Å²) < 4.78 is 2.10. The van der Waals surface area contributed by atoms with Crippen LogP contribution in [0.5, 0.6) is 0 Å². The van der Waals surface area contributed by atoms with E-state index in [1.54, 1.807) is 18.5 Å². The quantitative estimate of drug-likeness (QED) is 0.147. The van der Waals surface area contributed by atoms with Crippen LogP contribution >= 0.6 is 0 Å². The van der Waals surface area contributed by atoms with Crippen LogP contribution in [0.2, 0.25) is 0 Å². The molecule has 2 aromatic heterocycles. The van der Waals surface area contributed by atoms with Crippen molar-refractivity contribution in [1.82, 2.24) is 44.9 Å².